The number of hydrogen-bond acceptors (Lipinski definition) is 15. The lowest BCUT2D eigenvalue weighted by Crippen LogP contribution is -2.58. The first kappa shape index (κ1) is 55.7. The largest absolute Gasteiger partial charge is 0.462 e. The van der Waals surface area contributed by atoms with Gasteiger partial charge >= 0.3 is 35.8 Å². The van der Waals surface area contributed by atoms with Gasteiger partial charge in [-0.15, -0.1) is 0 Å². The summed E-state index contributed by atoms with van der Waals surface area (Å²) < 4.78 is 39.9. The van der Waals surface area contributed by atoms with Gasteiger partial charge in [0.15, 0.2) is 0 Å². The number of carbonyl (C=O) groups is 8. The predicted molar refractivity (Wildman–Crippen MR) is 278 cm³/mol. The average molecular weight is 1040 g/mol. The summed E-state index contributed by atoms with van der Waals surface area (Å²) in [5, 5.41) is 5.27. The van der Waals surface area contributed by atoms with Crippen molar-refractivity contribution in [3.63, 3.8) is 0 Å². The van der Waals surface area contributed by atoms with Gasteiger partial charge in [0.25, 0.3) is 11.8 Å². The van der Waals surface area contributed by atoms with E-state index in [1.165, 1.54) is 69.4 Å². The van der Waals surface area contributed by atoms with Gasteiger partial charge in [-0.1, -0.05) is 30.9 Å². The smallest absolute Gasteiger partial charge is 0.338 e. The number of anilines is 1. The van der Waals surface area contributed by atoms with Crippen molar-refractivity contribution >= 4 is 53.3 Å². The van der Waals surface area contributed by atoms with E-state index in [1.54, 1.807) is 38.1 Å². The summed E-state index contributed by atoms with van der Waals surface area (Å²) in [5.74, 6) is -4.26. The van der Waals surface area contributed by atoms with Crippen molar-refractivity contribution in [1.29, 1.82) is 0 Å². The molecule has 0 radical (unpaired) electrons. The van der Waals surface area contributed by atoms with E-state index in [1.807, 2.05) is 19.1 Å². The Morgan fingerprint density at radius 1 is 0.605 bits per heavy atom. The minimum absolute atomic E-state index is 0.0625. The highest BCUT2D eigenvalue weighted by Gasteiger charge is 2.60. The Balaban J connectivity index is 1.04. The predicted octanol–water partition coefficient (Wildman–Crippen LogP) is 9.86. The van der Waals surface area contributed by atoms with Crippen molar-refractivity contribution in [3.8, 4) is 11.5 Å². The van der Waals surface area contributed by atoms with Crippen LogP contribution in [0.5, 0.6) is 11.5 Å². The molecule has 0 spiro atoms. The Kier molecular flexibility index (Phi) is 17.6. The van der Waals surface area contributed by atoms with Crippen LogP contribution in [0, 0.1) is 24.2 Å². The molecule has 2 amide bonds. The Hall–Kier alpha value is -8.08. The lowest BCUT2D eigenvalue weighted by Gasteiger charge is -2.60. The number of nitrogens with one attached hydrogen (secondary N) is 2. The molecule has 4 fully saturated rings. The van der Waals surface area contributed by atoms with Gasteiger partial charge in [0, 0.05) is 42.1 Å². The first-order valence-electron chi connectivity index (χ1n) is 25.3. The maximum Gasteiger partial charge on any atom is 0.338 e. The third kappa shape index (κ3) is 14.0. The monoisotopic (exact) mass is 1040 g/mol. The number of carbonyl (C=O) groups excluding carboxylic acids is 8. The van der Waals surface area contributed by atoms with Crippen LogP contribution in [-0.2, 0) is 38.0 Å². The fourth-order valence-corrected chi connectivity index (χ4v) is 10.4. The van der Waals surface area contributed by atoms with Gasteiger partial charge in [0.05, 0.1) is 53.2 Å². The normalized spacial score (nSPS) is 19.7. The molecule has 8 rings (SSSR count). The van der Waals surface area contributed by atoms with E-state index in [4.69, 9.17) is 33.2 Å². The lowest BCUT2D eigenvalue weighted by atomic mass is 9.48. The summed E-state index contributed by atoms with van der Waals surface area (Å²) in [7, 11) is 1.38. The van der Waals surface area contributed by atoms with Gasteiger partial charge in [-0.3, -0.25) is 9.59 Å². The zero-order valence-electron chi connectivity index (χ0n) is 43.7. The molecule has 76 heavy (non-hydrogen) atoms. The molecule has 4 aromatic carbocycles. The van der Waals surface area contributed by atoms with Gasteiger partial charge in [-0.05, 0) is 158 Å². The third-order valence-electron chi connectivity index (χ3n) is 13.8. The van der Waals surface area contributed by atoms with Crippen molar-refractivity contribution in [2.24, 2.45) is 17.3 Å². The molecule has 4 aliphatic rings. The quantitative estimate of drug-likeness (QED) is 0.0424. The van der Waals surface area contributed by atoms with Crippen LogP contribution in [0.1, 0.15) is 147 Å². The van der Waals surface area contributed by atoms with Gasteiger partial charge in [0.1, 0.15) is 29.3 Å². The minimum atomic E-state index is -0.864. The van der Waals surface area contributed by atoms with Crippen LogP contribution in [0.3, 0.4) is 0 Å². The molecule has 400 valence electrons. The number of aryl methyl sites for hydroxylation is 1. The van der Waals surface area contributed by atoms with Crippen molar-refractivity contribution in [1.82, 2.24) is 5.32 Å². The lowest BCUT2D eigenvalue weighted by molar-refractivity contribution is -0.177. The summed E-state index contributed by atoms with van der Waals surface area (Å²) in [4.78, 5) is 105. The van der Waals surface area contributed by atoms with E-state index < -0.39 is 59.5 Å². The van der Waals surface area contributed by atoms with Crippen LogP contribution in [0.2, 0.25) is 0 Å². The van der Waals surface area contributed by atoms with E-state index >= 15 is 0 Å². The molecule has 4 aromatic rings. The minimum Gasteiger partial charge on any atom is -0.462 e. The Bertz CT molecular complexity index is 2910. The van der Waals surface area contributed by atoms with E-state index in [9.17, 15) is 38.4 Å². The fourth-order valence-electron chi connectivity index (χ4n) is 10.4. The maximum absolute atomic E-state index is 14.2. The standard InChI is InChI=1S/C59H64N2O15/c1-34(2)52(64)73-37(6)21-23-70-56(68)46-19-17-44(26-48(46)50(62)60-8)75-45-18-20-47(57(69)71-24-22-38(7)74-53(65)35(3)4)49(27-45)51(63)61-43-15-13-42(14-16-43)55(67)76-59-30-39-25-40(31-59)29-58(28-39,32-59)33-72-54(66)41-11-9-36(5)10-12-41/h9-20,26-27,37-40H,1,3,21-25,28-33H2,2,4-8H3,(H,60,62)(H,61,63). The van der Waals surface area contributed by atoms with Crippen molar-refractivity contribution < 1.29 is 71.5 Å². The Morgan fingerprint density at radius 3 is 1.59 bits per heavy atom. The highest BCUT2D eigenvalue weighted by atomic mass is 16.6. The van der Waals surface area contributed by atoms with Crippen LogP contribution in [0.15, 0.2) is 109 Å². The molecule has 4 atom stereocenters. The average Bonchev–Trinajstić information content (AvgIpc) is 3.40. The number of esters is 6. The van der Waals surface area contributed by atoms with E-state index in [2.05, 4.69) is 23.8 Å². The number of hydrogen-bond donors (Lipinski definition) is 2. The zero-order chi connectivity index (χ0) is 54.9. The second-order valence-electron chi connectivity index (χ2n) is 20.4. The van der Waals surface area contributed by atoms with Gasteiger partial charge in [-0.25, -0.2) is 28.8 Å². The summed E-state index contributed by atoms with van der Waals surface area (Å²) >= 11 is 0. The SMILES string of the molecule is C=C(C)C(=O)OC(C)CCOC(=O)c1ccc(Oc2ccc(C(=O)OCCC(C)OC(=O)C(=C)C)c(C(=O)Nc3ccc(C(=O)OC45CC6CC(CC(COC(=O)c7ccc(C)cc7)(C6)C4)C5)cc3)c2)cc1C(=O)NC. The van der Waals surface area contributed by atoms with Crippen molar-refractivity contribution in [2.75, 3.05) is 32.2 Å². The third-order valence-corrected chi connectivity index (χ3v) is 13.8. The molecule has 17 nitrogen and oxygen atoms in total. The molecule has 4 bridgehead atoms. The molecular formula is C59H64N2O15. The molecule has 4 aliphatic carbocycles. The first-order chi connectivity index (χ1) is 36.1. The summed E-state index contributed by atoms with van der Waals surface area (Å²) in [6.45, 7) is 15.4. The van der Waals surface area contributed by atoms with Gasteiger partial charge < -0.3 is 43.8 Å². The highest BCUT2D eigenvalue weighted by Crippen LogP contribution is 2.63. The van der Waals surface area contributed by atoms with E-state index in [0.717, 1.165) is 37.7 Å². The second kappa shape index (κ2) is 24.1. The molecule has 2 N–H and O–H groups in total. The van der Waals surface area contributed by atoms with Crippen molar-refractivity contribution in [3.05, 3.63) is 148 Å². The molecule has 0 aromatic heterocycles. The molecule has 4 unspecified atom stereocenters. The van der Waals surface area contributed by atoms with E-state index in [-0.39, 0.29) is 100 Å². The summed E-state index contributed by atoms with van der Waals surface area (Å²) in [6, 6.07) is 21.6. The Labute approximate surface area is 441 Å². The molecular weight excluding hydrogens is 977 g/mol. The van der Waals surface area contributed by atoms with Crippen LogP contribution in [-0.4, -0.2) is 92.3 Å². The topological polar surface area (TPSA) is 225 Å². The number of ether oxygens (including phenoxy) is 7. The number of benzene rings is 4. The number of rotatable bonds is 22. The molecule has 0 aliphatic heterocycles. The Morgan fingerprint density at radius 2 is 1.09 bits per heavy atom. The fraction of sp³-hybridized carbons (Fsp3) is 0.390. The molecule has 0 saturated heterocycles. The summed E-state index contributed by atoms with van der Waals surface area (Å²) in [5.41, 5.74) is 1.09. The second-order valence-corrected chi connectivity index (χ2v) is 20.4. The van der Waals surface area contributed by atoms with Crippen LogP contribution >= 0.6 is 0 Å². The van der Waals surface area contributed by atoms with Crippen LogP contribution in [0.4, 0.5) is 5.69 Å². The number of amides is 2. The van der Waals surface area contributed by atoms with Crippen LogP contribution < -0.4 is 15.4 Å². The molecule has 0 heterocycles. The van der Waals surface area contributed by atoms with Crippen LogP contribution in [0.25, 0.3) is 0 Å². The van der Waals surface area contributed by atoms with Crippen molar-refractivity contribution in [2.45, 2.75) is 104 Å². The molecule has 17 heteroatoms. The zero-order valence-corrected chi connectivity index (χ0v) is 43.7. The summed E-state index contributed by atoms with van der Waals surface area (Å²) in [6.07, 6.45) is 4.07. The molecule has 4 saturated carbocycles. The van der Waals surface area contributed by atoms with Gasteiger partial charge in [-0.2, -0.15) is 0 Å². The van der Waals surface area contributed by atoms with Gasteiger partial charge in [0.2, 0.25) is 0 Å². The maximum atomic E-state index is 14.2. The highest BCUT2D eigenvalue weighted by molar-refractivity contribution is 6.11. The first-order valence-corrected chi connectivity index (χ1v) is 25.3. The van der Waals surface area contributed by atoms with E-state index in [0.29, 0.717) is 23.8 Å².